The summed E-state index contributed by atoms with van der Waals surface area (Å²) < 4.78 is 55.5. The molecule has 1 N–H and O–H groups in total. The Balaban J connectivity index is 2.51. The Labute approximate surface area is 108 Å². The van der Waals surface area contributed by atoms with E-state index in [0.717, 1.165) is 5.56 Å². The lowest BCUT2D eigenvalue weighted by atomic mass is 10.2. The van der Waals surface area contributed by atoms with Crippen molar-refractivity contribution in [2.75, 3.05) is 19.8 Å². The standard InChI is InChI=1S/C11H17F4N3O/c1-3-16-9(8-4-17-18(2)5-8)6-19-7-11(14,15)10(12)13/h4-5,9-10,16H,3,6-7H2,1-2H3. The first-order chi connectivity index (χ1) is 8.86. The fourth-order valence-corrected chi connectivity index (χ4v) is 1.52. The highest BCUT2D eigenvalue weighted by molar-refractivity contribution is 5.10. The van der Waals surface area contributed by atoms with Gasteiger partial charge in [-0.15, -0.1) is 0 Å². The zero-order chi connectivity index (χ0) is 14.5. The Kier molecular flexibility index (Phi) is 5.74. The van der Waals surface area contributed by atoms with Gasteiger partial charge >= 0.3 is 12.3 Å². The van der Waals surface area contributed by atoms with Gasteiger partial charge in [-0.1, -0.05) is 6.92 Å². The van der Waals surface area contributed by atoms with E-state index >= 15 is 0 Å². The van der Waals surface area contributed by atoms with Crippen LogP contribution in [0.15, 0.2) is 12.4 Å². The number of hydrogen-bond donors (Lipinski definition) is 1. The quantitative estimate of drug-likeness (QED) is 0.742. The predicted octanol–water partition coefficient (Wildman–Crippen LogP) is 1.99. The second kappa shape index (κ2) is 6.85. The van der Waals surface area contributed by atoms with Gasteiger partial charge in [-0.3, -0.25) is 4.68 Å². The maximum Gasteiger partial charge on any atom is 0.330 e. The van der Waals surface area contributed by atoms with E-state index in [1.54, 1.807) is 24.1 Å². The molecule has 1 atom stereocenters. The van der Waals surface area contributed by atoms with E-state index in [9.17, 15) is 17.6 Å². The van der Waals surface area contributed by atoms with Gasteiger partial charge < -0.3 is 10.1 Å². The topological polar surface area (TPSA) is 39.1 Å². The average Bonchev–Trinajstić information content (AvgIpc) is 2.74. The van der Waals surface area contributed by atoms with Crippen LogP contribution in [0, 0.1) is 0 Å². The van der Waals surface area contributed by atoms with Crippen LogP contribution in [0.1, 0.15) is 18.5 Å². The fourth-order valence-electron chi connectivity index (χ4n) is 1.52. The second-order valence-corrected chi connectivity index (χ2v) is 4.13. The van der Waals surface area contributed by atoms with Gasteiger partial charge in [0.05, 0.1) is 18.8 Å². The van der Waals surface area contributed by atoms with E-state index < -0.39 is 19.0 Å². The van der Waals surface area contributed by atoms with Crippen molar-refractivity contribution in [2.24, 2.45) is 7.05 Å². The second-order valence-electron chi connectivity index (χ2n) is 4.13. The van der Waals surface area contributed by atoms with Crippen LogP contribution in [0.5, 0.6) is 0 Å². The van der Waals surface area contributed by atoms with E-state index in [1.165, 1.54) is 0 Å². The fraction of sp³-hybridized carbons (Fsp3) is 0.727. The lowest BCUT2D eigenvalue weighted by Crippen LogP contribution is -2.34. The van der Waals surface area contributed by atoms with Crippen LogP contribution in [0.4, 0.5) is 17.6 Å². The highest BCUT2D eigenvalue weighted by Crippen LogP contribution is 2.23. The molecule has 1 heterocycles. The first-order valence-electron chi connectivity index (χ1n) is 5.82. The number of nitrogens with zero attached hydrogens (tertiary/aromatic N) is 2. The molecule has 0 spiro atoms. The SMILES string of the molecule is CCNC(COCC(F)(F)C(F)F)c1cnn(C)c1. The molecular formula is C11H17F4N3O. The third-order valence-corrected chi connectivity index (χ3v) is 2.48. The number of aryl methyl sites for hydroxylation is 1. The van der Waals surface area contributed by atoms with Crippen molar-refractivity contribution in [1.82, 2.24) is 15.1 Å². The average molecular weight is 283 g/mol. The summed E-state index contributed by atoms with van der Waals surface area (Å²) in [6.45, 7) is 1.01. The van der Waals surface area contributed by atoms with Gasteiger partial charge in [-0.05, 0) is 6.54 Å². The van der Waals surface area contributed by atoms with E-state index in [2.05, 4.69) is 10.4 Å². The first-order valence-corrected chi connectivity index (χ1v) is 5.82. The van der Waals surface area contributed by atoms with Gasteiger partial charge in [0, 0.05) is 18.8 Å². The number of likely N-dealkylation sites (N-methyl/N-ethyl adjacent to an activating group) is 1. The van der Waals surface area contributed by atoms with Crippen molar-refractivity contribution in [1.29, 1.82) is 0 Å². The molecule has 0 aliphatic carbocycles. The molecule has 0 bridgehead atoms. The molecule has 8 heteroatoms. The minimum atomic E-state index is -4.12. The van der Waals surface area contributed by atoms with Gasteiger partial charge in [-0.2, -0.15) is 13.9 Å². The zero-order valence-electron chi connectivity index (χ0n) is 10.7. The van der Waals surface area contributed by atoms with E-state index in [0.29, 0.717) is 6.54 Å². The van der Waals surface area contributed by atoms with Crippen LogP contribution in [-0.2, 0) is 11.8 Å². The maximum atomic E-state index is 12.7. The number of ether oxygens (including phenoxy) is 1. The summed E-state index contributed by atoms with van der Waals surface area (Å²) >= 11 is 0. The van der Waals surface area contributed by atoms with Crippen LogP contribution >= 0.6 is 0 Å². The maximum absolute atomic E-state index is 12.7. The molecular weight excluding hydrogens is 266 g/mol. The van der Waals surface area contributed by atoms with Crippen LogP contribution in [0.25, 0.3) is 0 Å². The largest absolute Gasteiger partial charge is 0.373 e. The predicted molar refractivity (Wildman–Crippen MR) is 61.4 cm³/mol. The zero-order valence-corrected chi connectivity index (χ0v) is 10.7. The summed E-state index contributed by atoms with van der Waals surface area (Å²) in [5.74, 6) is -4.12. The normalized spacial score (nSPS) is 14.1. The summed E-state index contributed by atoms with van der Waals surface area (Å²) in [6, 6.07) is -0.354. The number of hydrogen-bond acceptors (Lipinski definition) is 3. The van der Waals surface area contributed by atoms with Crippen molar-refractivity contribution in [3.63, 3.8) is 0 Å². The van der Waals surface area contributed by atoms with Gasteiger partial charge in [-0.25, -0.2) is 8.78 Å². The van der Waals surface area contributed by atoms with Crippen LogP contribution < -0.4 is 5.32 Å². The van der Waals surface area contributed by atoms with Gasteiger partial charge in [0.15, 0.2) is 0 Å². The molecule has 1 aromatic heterocycles. The van der Waals surface area contributed by atoms with Crippen molar-refractivity contribution in [2.45, 2.75) is 25.3 Å². The number of halogens is 4. The first kappa shape index (κ1) is 15.9. The Bertz CT molecular complexity index is 384. The van der Waals surface area contributed by atoms with Gasteiger partial charge in [0.2, 0.25) is 0 Å². The molecule has 0 radical (unpaired) electrons. The summed E-state index contributed by atoms with van der Waals surface area (Å²) in [6.07, 6.45) is -0.437. The van der Waals surface area contributed by atoms with Crippen molar-refractivity contribution < 1.29 is 22.3 Å². The van der Waals surface area contributed by atoms with Gasteiger partial charge in [0.1, 0.15) is 6.61 Å². The Morgan fingerprint density at radius 2 is 2.16 bits per heavy atom. The molecule has 0 amide bonds. The molecule has 0 aromatic carbocycles. The molecule has 0 saturated carbocycles. The molecule has 4 nitrogen and oxygen atoms in total. The number of rotatable bonds is 8. The lowest BCUT2D eigenvalue weighted by Gasteiger charge is -2.19. The highest BCUT2D eigenvalue weighted by atomic mass is 19.3. The minimum absolute atomic E-state index is 0.123. The number of alkyl halides is 4. The van der Waals surface area contributed by atoms with Gasteiger partial charge in [0.25, 0.3) is 0 Å². The summed E-state index contributed by atoms with van der Waals surface area (Å²) in [5, 5.41) is 6.97. The van der Waals surface area contributed by atoms with E-state index in [-0.39, 0.29) is 12.6 Å². The molecule has 0 fully saturated rings. The third-order valence-electron chi connectivity index (χ3n) is 2.48. The smallest absolute Gasteiger partial charge is 0.330 e. The highest BCUT2D eigenvalue weighted by Gasteiger charge is 2.41. The Morgan fingerprint density at radius 1 is 1.47 bits per heavy atom. The molecule has 19 heavy (non-hydrogen) atoms. The monoisotopic (exact) mass is 283 g/mol. The summed E-state index contributed by atoms with van der Waals surface area (Å²) in [4.78, 5) is 0. The molecule has 1 unspecified atom stereocenters. The van der Waals surface area contributed by atoms with Crippen molar-refractivity contribution in [3.05, 3.63) is 18.0 Å². The molecule has 0 saturated heterocycles. The van der Waals surface area contributed by atoms with Crippen LogP contribution in [-0.4, -0.2) is 41.9 Å². The molecule has 110 valence electrons. The number of nitrogens with one attached hydrogen (secondary N) is 1. The van der Waals surface area contributed by atoms with Crippen LogP contribution in [0.3, 0.4) is 0 Å². The third kappa shape index (κ3) is 4.79. The Hall–Kier alpha value is -1.15. The minimum Gasteiger partial charge on any atom is -0.373 e. The summed E-state index contributed by atoms with van der Waals surface area (Å²) in [7, 11) is 1.72. The lowest BCUT2D eigenvalue weighted by molar-refractivity contribution is -0.167. The molecule has 0 aliphatic heterocycles. The Morgan fingerprint density at radius 3 is 2.63 bits per heavy atom. The van der Waals surface area contributed by atoms with Crippen molar-refractivity contribution >= 4 is 0 Å². The number of aromatic nitrogens is 2. The summed E-state index contributed by atoms with van der Waals surface area (Å²) in [5.41, 5.74) is 0.754. The van der Waals surface area contributed by atoms with E-state index in [1.807, 2.05) is 6.92 Å². The molecule has 1 aromatic rings. The molecule has 0 aliphatic rings. The van der Waals surface area contributed by atoms with Crippen LogP contribution in [0.2, 0.25) is 0 Å². The van der Waals surface area contributed by atoms with Crippen molar-refractivity contribution in [3.8, 4) is 0 Å². The van der Waals surface area contributed by atoms with E-state index in [4.69, 9.17) is 4.74 Å². The molecule has 1 rings (SSSR count).